The lowest BCUT2D eigenvalue weighted by Gasteiger charge is -2.32. The summed E-state index contributed by atoms with van der Waals surface area (Å²) < 4.78 is 45.7. The van der Waals surface area contributed by atoms with Crippen molar-refractivity contribution < 1.29 is 17.9 Å². The Morgan fingerprint density at radius 2 is 1.90 bits per heavy atom. The predicted octanol–water partition coefficient (Wildman–Crippen LogP) is 3.91. The van der Waals surface area contributed by atoms with E-state index in [-0.39, 0.29) is 6.04 Å². The molecule has 2 atom stereocenters. The van der Waals surface area contributed by atoms with Crippen LogP contribution in [0.5, 0.6) is 0 Å². The van der Waals surface area contributed by atoms with Crippen LogP contribution in [0.15, 0.2) is 18.3 Å². The average molecular weight is 409 g/mol. The van der Waals surface area contributed by atoms with E-state index in [1.807, 2.05) is 18.5 Å². The molecule has 6 nitrogen and oxygen atoms in total. The highest BCUT2D eigenvalue weighted by Crippen LogP contribution is 2.38. The fourth-order valence-corrected chi connectivity index (χ4v) is 4.28. The highest BCUT2D eigenvalue weighted by molar-refractivity contribution is 5.53. The molecular weight excluding hydrogens is 383 g/mol. The number of ether oxygens (including phenoxy) is 1. The molecule has 0 unspecified atom stereocenters. The van der Waals surface area contributed by atoms with Gasteiger partial charge in [0.15, 0.2) is 5.82 Å². The van der Waals surface area contributed by atoms with Crippen LogP contribution in [0.3, 0.4) is 0 Å². The second kappa shape index (κ2) is 8.02. The molecule has 0 spiro atoms. The normalized spacial score (nSPS) is 23.8. The van der Waals surface area contributed by atoms with Crippen LogP contribution in [0.4, 0.5) is 13.2 Å². The fraction of sp³-hybridized carbons (Fsp3) is 0.650. The van der Waals surface area contributed by atoms with E-state index in [4.69, 9.17) is 9.72 Å². The Hall–Kier alpha value is -2.00. The smallest absolute Gasteiger partial charge is 0.379 e. The van der Waals surface area contributed by atoms with E-state index in [9.17, 15) is 13.2 Å². The third-order valence-electron chi connectivity index (χ3n) is 5.79. The van der Waals surface area contributed by atoms with Gasteiger partial charge in [-0.25, -0.2) is 9.67 Å². The van der Waals surface area contributed by atoms with E-state index in [1.165, 1.54) is 12.3 Å². The van der Waals surface area contributed by atoms with Crippen LogP contribution in [0, 0.1) is 0 Å². The van der Waals surface area contributed by atoms with Gasteiger partial charge in [-0.15, -0.1) is 0 Å². The molecule has 158 valence electrons. The summed E-state index contributed by atoms with van der Waals surface area (Å²) in [5, 5.41) is 4.60. The van der Waals surface area contributed by atoms with Crippen LogP contribution < -0.4 is 0 Å². The Kier molecular flexibility index (Phi) is 5.61. The molecule has 0 aromatic carbocycles. The van der Waals surface area contributed by atoms with E-state index in [2.05, 4.69) is 15.0 Å². The SMILES string of the molecule is CC(C)n1nc(-c2ccc(C(F)(F)F)nc2)nc1[C@@H]1CC[C@@H](N2CCOCC2)C1. The molecule has 0 amide bonds. The van der Waals surface area contributed by atoms with Crippen LogP contribution in [-0.4, -0.2) is 57.0 Å². The summed E-state index contributed by atoms with van der Waals surface area (Å²) in [6, 6.07) is 3.02. The molecule has 0 bridgehead atoms. The second-order valence-corrected chi connectivity index (χ2v) is 8.07. The van der Waals surface area contributed by atoms with Crippen molar-refractivity contribution in [3.63, 3.8) is 0 Å². The summed E-state index contributed by atoms with van der Waals surface area (Å²) in [5.41, 5.74) is -0.407. The number of hydrogen-bond acceptors (Lipinski definition) is 5. The maximum absolute atomic E-state index is 12.8. The molecule has 0 N–H and O–H groups in total. The van der Waals surface area contributed by atoms with Crippen LogP contribution in [0.25, 0.3) is 11.4 Å². The standard InChI is InChI=1S/C20H26F3N5O/c1-13(2)28-19(14-3-5-16(11-14)27-7-9-29-10-8-27)25-18(26-28)15-4-6-17(24-12-15)20(21,22)23/h4,6,12-14,16H,3,5,7-11H2,1-2H3/t14-,16-/m1/s1. The summed E-state index contributed by atoms with van der Waals surface area (Å²) in [6.45, 7) is 7.60. The van der Waals surface area contributed by atoms with E-state index < -0.39 is 11.9 Å². The molecule has 2 aromatic heterocycles. The largest absolute Gasteiger partial charge is 0.433 e. The summed E-state index contributed by atoms with van der Waals surface area (Å²) in [4.78, 5) is 10.8. The first-order valence-corrected chi connectivity index (χ1v) is 10.1. The zero-order valence-electron chi connectivity index (χ0n) is 16.7. The molecule has 9 heteroatoms. The Balaban J connectivity index is 1.56. The number of rotatable bonds is 4. The summed E-state index contributed by atoms with van der Waals surface area (Å²) in [5.74, 6) is 1.66. The third-order valence-corrected chi connectivity index (χ3v) is 5.79. The van der Waals surface area contributed by atoms with Gasteiger partial charge in [0, 0.05) is 42.9 Å². The van der Waals surface area contributed by atoms with Crippen LogP contribution >= 0.6 is 0 Å². The topological polar surface area (TPSA) is 56.1 Å². The van der Waals surface area contributed by atoms with Gasteiger partial charge in [0.1, 0.15) is 11.5 Å². The van der Waals surface area contributed by atoms with Gasteiger partial charge < -0.3 is 4.74 Å². The van der Waals surface area contributed by atoms with Gasteiger partial charge in [-0.3, -0.25) is 9.88 Å². The molecule has 1 aliphatic heterocycles. The van der Waals surface area contributed by atoms with Crippen molar-refractivity contribution in [2.45, 2.75) is 57.3 Å². The van der Waals surface area contributed by atoms with Gasteiger partial charge >= 0.3 is 6.18 Å². The molecule has 0 radical (unpaired) electrons. The highest BCUT2D eigenvalue weighted by Gasteiger charge is 2.35. The molecule has 3 heterocycles. The Labute approximate surface area is 168 Å². The number of morpholine rings is 1. The van der Waals surface area contributed by atoms with Crippen LogP contribution in [-0.2, 0) is 10.9 Å². The van der Waals surface area contributed by atoms with Gasteiger partial charge in [0.25, 0.3) is 0 Å². The zero-order valence-corrected chi connectivity index (χ0v) is 16.7. The monoisotopic (exact) mass is 409 g/mol. The maximum Gasteiger partial charge on any atom is 0.433 e. The van der Waals surface area contributed by atoms with Crippen molar-refractivity contribution >= 4 is 0 Å². The van der Waals surface area contributed by atoms with Gasteiger partial charge in [0.05, 0.1) is 13.2 Å². The molecule has 1 aliphatic carbocycles. The number of halogens is 3. The first-order valence-electron chi connectivity index (χ1n) is 10.1. The molecule has 2 fully saturated rings. The summed E-state index contributed by atoms with van der Waals surface area (Å²) in [6.07, 6.45) is -0.0639. The van der Waals surface area contributed by atoms with E-state index in [0.717, 1.165) is 57.5 Å². The van der Waals surface area contributed by atoms with Crippen molar-refractivity contribution in [3.05, 3.63) is 29.8 Å². The van der Waals surface area contributed by atoms with Gasteiger partial charge in [-0.2, -0.15) is 18.3 Å². The van der Waals surface area contributed by atoms with Crippen molar-refractivity contribution in [1.82, 2.24) is 24.6 Å². The molecule has 4 rings (SSSR count). The van der Waals surface area contributed by atoms with E-state index >= 15 is 0 Å². The summed E-state index contributed by atoms with van der Waals surface area (Å²) >= 11 is 0. The lowest BCUT2D eigenvalue weighted by molar-refractivity contribution is -0.141. The highest BCUT2D eigenvalue weighted by atomic mass is 19.4. The Bertz CT molecular complexity index is 828. The van der Waals surface area contributed by atoms with Crippen molar-refractivity contribution in [2.24, 2.45) is 0 Å². The fourth-order valence-electron chi connectivity index (χ4n) is 4.28. The Morgan fingerprint density at radius 1 is 1.14 bits per heavy atom. The van der Waals surface area contributed by atoms with Crippen LogP contribution in [0.1, 0.15) is 56.6 Å². The minimum Gasteiger partial charge on any atom is -0.379 e. The predicted molar refractivity (Wildman–Crippen MR) is 101 cm³/mol. The number of alkyl halides is 3. The third kappa shape index (κ3) is 4.30. The van der Waals surface area contributed by atoms with E-state index in [0.29, 0.717) is 23.3 Å². The minimum absolute atomic E-state index is 0.121. The first kappa shape index (κ1) is 20.3. The number of hydrogen-bond donors (Lipinski definition) is 0. The molecule has 2 aromatic rings. The quantitative estimate of drug-likeness (QED) is 0.767. The summed E-state index contributed by atoms with van der Waals surface area (Å²) in [7, 11) is 0. The number of aromatic nitrogens is 4. The van der Waals surface area contributed by atoms with Gasteiger partial charge in [-0.05, 0) is 45.2 Å². The van der Waals surface area contributed by atoms with Crippen molar-refractivity contribution in [2.75, 3.05) is 26.3 Å². The van der Waals surface area contributed by atoms with Gasteiger partial charge in [0.2, 0.25) is 0 Å². The van der Waals surface area contributed by atoms with E-state index in [1.54, 1.807) is 0 Å². The molecular formula is C20H26F3N5O. The van der Waals surface area contributed by atoms with Crippen LogP contribution in [0.2, 0.25) is 0 Å². The molecule has 29 heavy (non-hydrogen) atoms. The second-order valence-electron chi connectivity index (χ2n) is 8.07. The molecule has 1 saturated carbocycles. The van der Waals surface area contributed by atoms with Crippen molar-refractivity contribution in [3.8, 4) is 11.4 Å². The minimum atomic E-state index is -4.45. The lowest BCUT2D eigenvalue weighted by atomic mass is 10.1. The molecule has 2 aliphatic rings. The first-order chi connectivity index (χ1) is 13.8. The lowest BCUT2D eigenvalue weighted by Crippen LogP contribution is -2.42. The molecule has 1 saturated heterocycles. The maximum atomic E-state index is 12.8. The Morgan fingerprint density at radius 3 is 2.52 bits per heavy atom. The van der Waals surface area contributed by atoms with Crippen molar-refractivity contribution in [1.29, 1.82) is 0 Å². The number of nitrogens with zero attached hydrogens (tertiary/aromatic N) is 5. The number of pyridine rings is 1. The average Bonchev–Trinajstić information content (AvgIpc) is 3.35. The zero-order chi connectivity index (χ0) is 20.6. The van der Waals surface area contributed by atoms with Gasteiger partial charge in [-0.1, -0.05) is 0 Å².